The Morgan fingerprint density at radius 2 is 2.29 bits per heavy atom. The third-order valence-electron chi connectivity index (χ3n) is 2.41. The number of oxazole rings is 1. The number of carbonyl (C=O) groups excluding carboxylic acids is 1. The molecular weight excluding hydrogens is 220 g/mol. The lowest BCUT2D eigenvalue weighted by atomic mass is 10.2. The molecule has 0 aliphatic heterocycles. The number of rotatable bonds is 3. The maximum atomic E-state index is 11.3. The molecule has 0 bridgehead atoms. The average molecular weight is 234 g/mol. The molecule has 1 heterocycles. The predicted octanol–water partition coefficient (Wildman–Crippen LogP) is 0.980. The lowest BCUT2D eigenvalue weighted by Crippen LogP contribution is -2.39. The van der Waals surface area contributed by atoms with Gasteiger partial charge >= 0.3 is 6.03 Å². The summed E-state index contributed by atoms with van der Waals surface area (Å²) in [5.74, 6) is 0.585. The van der Waals surface area contributed by atoms with Gasteiger partial charge in [0.15, 0.2) is 11.5 Å². The van der Waals surface area contributed by atoms with Crippen molar-refractivity contribution in [3.05, 3.63) is 24.1 Å². The molecule has 2 rings (SSSR count). The normalized spacial score (nSPS) is 10.7. The first-order valence-electron chi connectivity index (χ1n) is 5.26. The monoisotopic (exact) mass is 234 g/mol. The summed E-state index contributed by atoms with van der Waals surface area (Å²) < 4.78 is 5.35. The van der Waals surface area contributed by atoms with Crippen molar-refractivity contribution in [3.8, 4) is 0 Å². The van der Waals surface area contributed by atoms with Crippen LogP contribution in [-0.4, -0.2) is 24.1 Å². The molecular formula is C11H14N4O2. The third-order valence-corrected chi connectivity index (χ3v) is 2.41. The van der Waals surface area contributed by atoms with E-state index in [9.17, 15) is 4.79 Å². The van der Waals surface area contributed by atoms with E-state index >= 15 is 0 Å². The minimum atomic E-state index is -0.532. The number of aromatic nitrogens is 1. The Hall–Kier alpha value is -2.08. The van der Waals surface area contributed by atoms with Crippen LogP contribution in [0.3, 0.4) is 0 Å². The van der Waals surface area contributed by atoms with Crippen LogP contribution in [-0.2, 0) is 0 Å². The number of anilines is 1. The number of primary amides is 1. The minimum absolute atomic E-state index is 0.346. The van der Waals surface area contributed by atoms with Crippen LogP contribution < -0.4 is 16.4 Å². The smallest absolute Gasteiger partial charge is 0.319 e. The van der Waals surface area contributed by atoms with Gasteiger partial charge in [0.2, 0.25) is 0 Å². The van der Waals surface area contributed by atoms with E-state index < -0.39 is 6.03 Å². The van der Waals surface area contributed by atoms with Crippen LogP contribution in [0, 0.1) is 6.92 Å². The molecule has 2 aromatic rings. The summed E-state index contributed by atoms with van der Waals surface area (Å²) in [6, 6.07) is 4.74. The molecule has 0 spiro atoms. The highest BCUT2D eigenvalue weighted by Crippen LogP contribution is 2.22. The highest BCUT2D eigenvalue weighted by Gasteiger charge is 2.13. The van der Waals surface area contributed by atoms with Gasteiger partial charge in [0.25, 0.3) is 0 Å². The van der Waals surface area contributed by atoms with E-state index in [0.717, 1.165) is 0 Å². The van der Waals surface area contributed by atoms with E-state index in [1.54, 1.807) is 25.1 Å². The highest BCUT2D eigenvalue weighted by molar-refractivity contribution is 5.92. The van der Waals surface area contributed by atoms with Gasteiger partial charge in [-0.05, 0) is 18.2 Å². The van der Waals surface area contributed by atoms with E-state index in [-0.39, 0.29) is 0 Å². The van der Waals surface area contributed by atoms with Gasteiger partial charge < -0.3 is 15.9 Å². The summed E-state index contributed by atoms with van der Waals surface area (Å²) in [6.07, 6.45) is 0. The number of aryl methyl sites for hydroxylation is 1. The van der Waals surface area contributed by atoms with E-state index in [2.05, 4.69) is 4.98 Å². The number of carbonyl (C=O) groups is 1. The van der Waals surface area contributed by atoms with Crippen molar-refractivity contribution in [2.75, 3.05) is 18.0 Å². The van der Waals surface area contributed by atoms with E-state index in [4.69, 9.17) is 15.9 Å². The quantitative estimate of drug-likeness (QED) is 0.826. The van der Waals surface area contributed by atoms with Gasteiger partial charge in [-0.25, -0.2) is 9.78 Å². The zero-order valence-corrected chi connectivity index (χ0v) is 9.51. The van der Waals surface area contributed by atoms with Crippen LogP contribution in [0.2, 0.25) is 0 Å². The Labute approximate surface area is 98.2 Å². The highest BCUT2D eigenvalue weighted by atomic mass is 16.3. The molecule has 6 heteroatoms. The lowest BCUT2D eigenvalue weighted by Gasteiger charge is -2.19. The van der Waals surface area contributed by atoms with Crippen LogP contribution >= 0.6 is 0 Å². The number of nitrogens with zero attached hydrogens (tertiary/aromatic N) is 2. The number of hydrogen-bond donors (Lipinski definition) is 2. The van der Waals surface area contributed by atoms with Crippen molar-refractivity contribution < 1.29 is 9.21 Å². The number of nitrogens with two attached hydrogens (primary N) is 2. The van der Waals surface area contributed by atoms with E-state index in [1.165, 1.54) is 4.90 Å². The molecule has 90 valence electrons. The fraction of sp³-hybridized carbons (Fsp3) is 0.273. The van der Waals surface area contributed by atoms with Crippen LogP contribution in [0.25, 0.3) is 11.1 Å². The molecule has 0 atom stereocenters. The van der Waals surface area contributed by atoms with Crippen molar-refractivity contribution in [1.82, 2.24) is 4.98 Å². The topological polar surface area (TPSA) is 98.4 Å². The first-order valence-corrected chi connectivity index (χ1v) is 5.26. The number of urea groups is 1. The summed E-state index contributed by atoms with van der Waals surface area (Å²) in [4.78, 5) is 16.9. The summed E-state index contributed by atoms with van der Waals surface area (Å²) in [5, 5.41) is 0. The summed E-state index contributed by atoms with van der Waals surface area (Å²) in [6.45, 7) is 2.49. The van der Waals surface area contributed by atoms with Gasteiger partial charge in [-0.2, -0.15) is 0 Å². The molecule has 0 aliphatic rings. The maximum Gasteiger partial charge on any atom is 0.319 e. The van der Waals surface area contributed by atoms with Crippen molar-refractivity contribution in [2.45, 2.75) is 6.92 Å². The van der Waals surface area contributed by atoms with Crippen molar-refractivity contribution >= 4 is 22.8 Å². The minimum Gasteiger partial charge on any atom is -0.441 e. The molecule has 1 aromatic heterocycles. The van der Waals surface area contributed by atoms with Gasteiger partial charge in [-0.15, -0.1) is 0 Å². The second kappa shape index (κ2) is 4.42. The Bertz CT molecular complexity index is 549. The van der Waals surface area contributed by atoms with Crippen molar-refractivity contribution in [1.29, 1.82) is 0 Å². The summed E-state index contributed by atoms with van der Waals surface area (Å²) >= 11 is 0. The Kier molecular flexibility index (Phi) is 2.97. The molecule has 6 nitrogen and oxygen atoms in total. The van der Waals surface area contributed by atoms with Crippen LogP contribution in [0.5, 0.6) is 0 Å². The zero-order chi connectivity index (χ0) is 12.4. The molecule has 17 heavy (non-hydrogen) atoms. The fourth-order valence-corrected chi connectivity index (χ4v) is 1.69. The second-order valence-electron chi connectivity index (χ2n) is 3.66. The van der Waals surface area contributed by atoms with Crippen LogP contribution in [0.1, 0.15) is 5.89 Å². The number of hydrogen-bond acceptors (Lipinski definition) is 4. The number of amides is 2. The molecule has 4 N–H and O–H groups in total. The molecule has 1 aromatic carbocycles. The fourth-order valence-electron chi connectivity index (χ4n) is 1.69. The van der Waals surface area contributed by atoms with Crippen molar-refractivity contribution in [2.24, 2.45) is 11.5 Å². The Morgan fingerprint density at radius 1 is 1.53 bits per heavy atom. The van der Waals surface area contributed by atoms with E-state index in [1.807, 2.05) is 0 Å². The van der Waals surface area contributed by atoms with Gasteiger partial charge in [-0.3, -0.25) is 4.90 Å². The Balaban J connectivity index is 2.42. The van der Waals surface area contributed by atoms with Gasteiger partial charge in [0.05, 0.1) is 0 Å². The van der Waals surface area contributed by atoms with Gasteiger partial charge in [0.1, 0.15) is 5.52 Å². The van der Waals surface area contributed by atoms with Crippen LogP contribution in [0.4, 0.5) is 10.5 Å². The average Bonchev–Trinajstić information content (AvgIpc) is 2.64. The predicted molar refractivity (Wildman–Crippen MR) is 64.7 cm³/mol. The maximum absolute atomic E-state index is 11.3. The largest absolute Gasteiger partial charge is 0.441 e. The summed E-state index contributed by atoms with van der Waals surface area (Å²) in [7, 11) is 0. The SMILES string of the molecule is Cc1nc2cc(N(CCN)C(N)=O)ccc2o1. The molecule has 0 saturated carbocycles. The standard InChI is InChI=1S/C11H14N4O2/c1-7-14-9-6-8(2-3-10(9)17-7)15(5-4-12)11(13)16/h2-3,6H,4-5,12H2,1H3,(H2,13,16). The Morgan fingerprint density at radius 3 is 2.94 bits per heavy atom. The van der Waals surface area contributed by atoms with Crippen molar-refractivity contribution in [3.63, 3.8) is 0 Å². The number of fused-ring (bicyclic) bond motifs is 1. The second-order valence-corrected chi connectivity index (χ2v) is 3.66. The van der Waals surface area contributed by atoms with Gasteiger partial charge in [0, 0.05) is 25.7 Å². The molecule has 0 radical (unpaired) electrons. The molecule has 0 saturated heterocycles. The third kappa shape index (κ3) is 2.21. The first-order chi connectivity index (χ1) is 8.11. The first kappa shape index (κ1) is 11.4. The zero-order valence-electron chi connectivity index (χ0n) is 9.51. The molecule has 2 amide bonds. The molecule has 0 aliphatic carbocycles. The lowest BCUT2D eigenvalue weighted by molar-refractivity contribution is 0.254. The molecule has 0 fully saturated rings. The summed E-state index contributed by atoms with van der Waals surface area (Å²) in [5.41, 5.74) is 12.8. The molecule has 0 unspecified atom stereocenters. The van der Waals surface area contributed by atoms with Gasteiger partial charge in [-0.1, -0.05) is 0 Å². The van der Waals surface area contributed by atoms with E-state index in [0.29, 0.717) is 35.8 Å². The van der Waals surface area contributed by atoms with Crippen LogP contribution in [0.15, 0.2) is 22.6 Å². The number of benzene rings is 1.